The maximum atomic E-state index is 12.3. The van der Waals surface area contributed by atoms with Gasteiger partial charge in [0.25, 0.3) is 5.91 Å². The van der Waals surface area contributed by atoms with Crippen LogP contribution in [0.3, 0.4) is 0 Å². The van der Waals surface area contributed by atoms with Gasteiger partial charge in [-0.25, -0.2) is 0 Å². The lowest BCUT2D eigenvalue weighted by molar-refractivity contribution is -0.167. The molecule has 0 unspecified atom stereocenters. The van der Waals surface area contributed by atoms with Crippen LogP contribution >= 0.6 is 0 Å². The summed E-state index contributed by atoms with van der Waals surface area (Å²) in [5.41, 5.74) is 1.36. The maximum absolute atomic E-state index is 12.3. The van der Waals surface area contributed by atoms with E-state index >= 15 is 0 Å². The molecule has 0 saturated heterocycles. The molecule has 0 aliphatic heterocycles. The molecule has 0 saturated carbocycles. The van der Waals surface area contributed by atoms with Crippen LogP contribution in [0.15, 0.2) is 54.1 Å². The van der Waals surface area contributed by atoms with E-state index in [2.05, 4.69) is 5.32 Å². The van der Waals surface area contributed by atoms with Crippen LogP contribution in [-0.4, -0.2) is 18.0 Å². The quantitative estimate of drug-likeness (QED) is 0.627. The van der Waals surface area contributed by atoms with Gasteiger partial charge in [-0.1, -0.05) is 24.3 Å². The highest BCUT2D eigenvalue weighted by atomic mass is 19.4. The third-order valence-corrected chi connectivity index (χ3v) is 3.35. The molecular weight excluding hydrogens is 359 g/mol. The lowest BCUT2D eigenvalue weighted by atomic mass is 10.1. The molecule has 0 fully saturated rings. The number of alkyl halides is 3. The first kappa shape index (κ1) is 19.7. The number of nitrogens with zero attached hydrogens (tertiary/aromatic N) is 1. The predicted octanol–water partition coefficient (Wildman–Crippen LogP) is 4.04. The number of carbonyl (C=O) groups excluding carboxylic acids is 2. The Morgan fingerprint density at radius 1 is 1.04 bits per heavy atom. The number of nitrogens with one attached hydrogen (secondary N) is 2. The van der Waals surface area contributed by atoms with Crippen LogP contribution in [-0.2, 0) is 9.59 Å². The van der Waals surface area contributed by atoms with Crippen molar-refractivity contribution < 1.29 is 22.8 Å². The third-order valence-electron chi connectivity index (χ3n) is 3.35. The number of carbonyl (C=O) groups is 2. The zero-order chi connectivity index (χ0) is 20.0. The molecule has 5 nitrogen and oxygen atoms in total. The fraction of sp³-hybridized carbons (Fsp3) is 0.105. The number of amides is 2. The Morgan fingerprint density at radius 3 is 2.26 bits per heavy atom. The monoisotopic (exact) mass is 373 g/mol. The van der Waals surface area contributed by atoms with Crippen LogP contribution in [0.4, 0.5) is 24.5 Å². The molecule has 0 atom stereocenters. The van der Waals surface area contributed by atoms with E-state index in [4.69, 9.17) is 0 Å². The van der Waals surface area contributed by atoms with Crippen molar-refractivity contribution >= 4 is 29.3 Å². The fourth-order valence-corrected chi connectivity index (χ4v) is 2.14. The van der Waals surface area contributed by atoms with E-state index in [1.165, 1.54) is 30.3 Å². The standard InChI is InChI=1S/C19H14F3N3O2/c1-12-4-2-6-15(8-12)24-17(26)14(11-23)9-13-5-3-7-16(10-13)25-18(27)19(20,21)22/h2-10H,1H3,(H,24,26)(H,25,27)/b14-9+. The Morgan fingerprint density at radius 2 is 1.67 bits per heavy atom. The van der Waals surface area contributed by atoms with E-state index in [-0.39, 0.29) is 16.8 Å². The molecule has 2 N–H and O–H groups in total. The van der Waals surface area contributed by atoms with Gasteiger partial charge in [-0.3, -0.25) is 9.59 Å². The summed E-state index contributed by atoms with van der Waals surface area (Å²) in [5.74, 6) is -2.77. The first-order chi connectivity index (χ1) is 12.7. The van der Waals surface area contributed by atoms with E-state index in [0.29, 0.717) is 5.69 Å². The molecule has 8 heteroatoms. The summed E-state index contributed by atoms with van der Waals surface area (Å²) >= 11 is 0. The largest absolute Gasteiger partial charge is 0.471 e. The lowest BCUT2D eigenvalue weighted by Crippen LogP contribution is -2.29. The second-order valence-electron chi connectivity index (χ2n) is 5.57. The van der Waals surface area contributed by atoms with Crippen LogP contribution in [0.25, 0.3) is 6.08 Å². The molecular formula is C19H14F3N3O2. The molecule has 27 heavy (non-hydrogen) atoms. The van der Waals surface area contributed by atoms with Crippen molar-refractivity contribution in [3.8, 4) is 6.07 Å². The Kier molecular flexibility index (Phi) is 5.98. The van der Waals surface area contributed by atoms with Gasteiger partial charge in [-0.2, -0.15) is 18.4 Å². The molecule has 2 rings (SSSR count). The smallest absolute Gasteiger partial charge is 0.321 e. The van der Waals surface area contributed by atoms with Gasteiger partial charge in [-0.15, -0.1) is 0 Å². The van der Waals surface area contributed by atoms with Gasteiger partial charge in [0.2, 0.25) is 0 Å². The molecule has 0 spiro atoms. The zero-order valence-corrected chi connectivity index (χ0v) is 14.1. The highest BCUT2D eigenvalue weighted by molar-refractivity contribution is 6.09. The van der Waals surface area contributed by atoms with E-state index < -0.39 is 18.0 Å². The summed E-state index contributed by atoms with van der Waals surface area (Å²) in [6, 6.07) is 14.1. The van der Waals surface area contributed by atoms with Crippen molar-refractivity contribution in [2.45, 2.75) is 13.1 Å². The number of aryl methyl sites for hydroxylation is 1. The van der Waals surface area contributed by atoms with Crippen molar-refractivity contribution in [2.75, 3.05) is 10.6 Å². The highest BCUT2D eigenvalue weighted by Crippen LogP contribution is 2.20. The van der Waals surface area contributed by atoms with Gasteiger partial charge in [0, 0.05) is 11.4 Å². The molecule has 0 radical (unpaired) electrons. The average molecular weight is 373 g/mol. The number of hydrogen-bond acceptors (Lipinski definition) is 3. The topological polar surface area (TPSA) is 82.0 Å². The lowest BCUT2D eigenvalue weighted by Gasteiger charge is -2.08. The van der Waals surface area contributed by atoms with Crippen molar-refractivity contribution in [1.29, 1.82) is 5.26 Å². The minimum Gasteiger partial charge on any atom is -0.321 e. The summed E-state index contributed by atoms with van der Waals surface area (Å²) in [4.78, 5) is 23.2. The van der Waals surface area contributed by atoms with Crippen LogP contribution < -0.4 is 10.6 Å². The minimum atomic E-state index is -5.02. The Labute approximate surface area is 153 Å². The zero-order valence-electron chi connectivity index (χ0n) is 14.1. The molecule has 0 aliphatic carbocycles. The second-order valence-corrected chi connectivity index (χ2v) is 5.57. The maximum Gasteiger partial charge on any atom is 0.471 e. The molecule has 2 aromatic carbocycles. The molecule has 0 bridgehead atoms. The summed E-state index contributed by atoms with van der Waals surface area (Å²) < 4.78 is 37.0. The van der Waals surface area contributed by atoms with Crippen LogP contribution in [0.5, 0.6) is 0 Å². The van der Waals surface area contributed by atoms with Gasteiger partial charge in [0.1, 0.15) is 11.6 Å². The van der Waals surface area contributed by atoms with E-state index in [1.807, 2.05) is 13.0 Å². The summed E-state index contributed by atoms with van der Waals surface area (Å²) in [6.45, 7) is 1.84. The van der Waals surface area contributed by atoms with Crippen LogP contribution in [0.1, 0.15) is 11.1 Å². The van der Waals surface area contributed by atoms with Gasteiger partial charge in [-0.05, 0) is 48.4 Å². The first-order valence-corrected chi connectivity index (χ1v) is 7.67. The predicted molar refractivity (Wildman–Crippen MR) is 94.5 cm³/mol. The molecule has 2 amide bonds. The number of hydrogen-bond donors (Lipinski definition) is 2. The molecule has 0 heterocycles. The number of halogens is 3. The highest BCUT2D eigenvalue weighted by Gasteiger charge is 2.38. The first-order valence-electron chi connectivity index (χ1n) is 7.67. The minimum absolute atomic E-state index is 0.109. The summed E-state index contributed by atoms with van der Waals surface area (Å²) in [7, 11) is 0. The van der Waals surface area contributed by atoms with Crippen molar-refractivity contribution in [3.05, 3.63) is 65.2 Å². The summed E-state index contributed by atoms with van der Waals surface area (Å²) in [6.07, 6.45) is -3.80. The molecule has 0 aliphatic rings. The summed E-state index contributed by atoms with van der Waals surface area (Å²) in [5, 5.41) is 13.5. The van der Waals surface area contributed by atoms with E-state index in [1.54, 1.807) is 29.6 Å². The Bertz CT molecular complexity index is 944. The average Bonchev–Trinajstić information content (AvgIpc) is 2.59. The van der Waals surface area contributed by atoms with Crippen molar-refractivity contribution in [2.24, 2.45) is 0 Å². The fourth-order valence-electron chi connectivity index (χ4n) is 2.14. The third kappa shape index (κ3) is 5.71. The molecule has 138 valence electrons. The SMILES string of the molecule is Cc1cccc(NC(=O)/C(C#N)=C/c2cccc(NC(=O)C(F)(F)F)c2)c1. The van der Waals surface area contributed by atoms with Crippen molar-refractivity contribution in [1.82, 2.24) is 0 Å². The number of rotatable bonds is 4. The second kappa shape index (κ2) is 8.19. The Hall–Kier alpha value is -3.60. The molecule has 2 aromatic rings. The van der Waals surface area contributed by atoms with Gasteiger partial charge in [0.15, 0.2) is 0 Å². The number of benzene rings is 2. The van der Waals surface area contributed by atoms with Crippen LogP contribution in [0.2, 0.25) is 0 Å². The van der Waals surface area contributed by atoms with Crippen LogP contribution in [0, 0.1) is 18.3 Å². The van der Waals surface area contributed by atoms with Gasteiger partial charge in [0.05, 0.1) is 0 Å². The normalized spacial score (nSPS) is 11.4. The van der Waals surface area contributed by atoms with Crippen molar-refractivity contribution in [3.63, 3.8) is 0 Å². The number of anilines is 2. The van der Waals surface area contributed by atoms with E-state index in [9.17, 15) is 28.0 Å². The van der Waals surface area contributed by atoms with Gasteiger partial charge < -0.3 is 10.6 Å². The number of nitriles is 1. The molecule has 0 aromatic heterocycles. The van der Waals surface area contributed by atoms with Gasteiger partial charge >= 0.3 is 12.1 Å². The van der Waals surface area contributed by atoms with E-state index in [0.717, 1.165) is 5.56 Å². The Balaban J connectivity index is 2.19.